The number of aromatic nitrogens is 4. The standard InChI is InChI=1S/C47H51ClFN9O7S2/c1-46(2)14-12-33(38(27-46)31-4-6-34(48)7-5-31)29-55-20-22-56(23-21-55)35-8-10-37(41(25-35)58-42-24-32-13-17-50-44(32)52-40(42)28-51-58)45(59)54-67(63,64)36-9-11-43(39(26-36)53-60)65-30-47(49)15-18-57(19-16-47)66(3,61)62/h4-11,13,17,24-26,28H,12,14-16,18-23,27,29-30H2,1-3H3,(H,50,52)(H,54,59). The van der Waals surface area contributed by atoms with E-state index in [1.54, 1.807) is 29.2 Å². The molecule has 2 aliphatic heterocycles. The number of H-pyrrole nitrogens is 1. The van der Waals surface area contributed by atoms with Gasteiger partial charge < -0.3 is 14.6 Å². The van der Waals surface area contributed by atoms with Gasteiger partial charge in [-0.2, -0.15) is 5.10 Å². The maximum absolute atomic E-state index is 15.6. The number of rotatable bonds is 13. The Hall–Kier alpha value is -5.73. The van der Waals surface area contributed by atoms with E-state index in [9.17, 15) is 26.5 Å². The summed E-state index contributed by atoms with van der Waals surface area (Å²) in [6, 6.07) is 20.3. The second-order valence-electron chi connectivity index (χ2n) is 18.5. The lowest BCUT2D eigenvalue weighted by atomic mass is 9.72. The number of alkyl halides is 1. The number of fused-ring (bicyclic) bond motifs is 2. The molecule has 3 aliphatic rings. The van der Waals surface area contributed by atoms with Gasteiger partial charge in [-0.25, -0.2) is 39.9 Å². The number of nitroso groups, excluding NO2 is 1. The van der Waals surface area contributed by atoms with Crippen molar-refractivity contribution in [3.8, 4) is 11.4 Å². The van der Waals surface area contributed by atoms with Crippen molar-refractivity contribution in [1.29, 1.82) is 0 Å². The molecule has 5 heterocycles. The quantitative estimate of drug-likeness (QED) is 0.107. The van der Waals surface area contributed by atoms with Crippen molar-refractivity contribution in [2.24, 2.45) is 10.6 Å². The first kappa shape index (κ1) is 46.4. The highest BCUT2D eigenvalue weighted by Gasteiger charge is 2.38. The van der Waals surface area contributed by atoms with Crippen LogP contribution in [0.3, 0.4) is 0 Å². The number of benzene rings is 3. The summed E-state index contributed by atoms with van der Waals surface area (Å²) >= 11 is 6.25. The van der Waals surface area contributed by atoms with Crippen LogP contribution in [0, 0.1) is 10.3 Å². The number of nitrogens with zero attached hydrogens (tertiary/aromatic N) is 7. The molecule has 9 rings (SSSR count). The lowest BCUT2D eigenvalue weighted by Gasteiger charge is -2.39. The van der Waals surface area contributed by atoms with E-state index in [2.05, 4.69) is 55.8 Å². The van der Waals surface area contributed by atoms with Gasteiger partial charge in [-0.15, -0.1) is 4.91 Å². The van der Waals surface area contributed by atoms with E-state index in [1.807, 2.05) is 30.3 Å². The Morgan fingerprint density at radius 2 is 1.69 bits per heavy atom. The molecule has 0 bridgehead atoms. The zero-order chi connectivity index (χ0) is 47.3. The zero-order valence-electron chi connectivity index (χ0n) is 37.3. The number of ether oxygens (including phenoxy) is 1. The number of pyridine rings is 1. The predicted octanol–water partition coefficient (Wildman–Crippen LogP) is 8.00. The first-order valence-corrected chi connectivity index (χ1v) is 25.8. The van der Waals surface area contributed by atoms with Crippen molar-refractivity contribution >= 4 is 76.6 Å². The Kier molecular flexibility index (Phi) is 12.5. The first-order valence-electron chi connectivity index (χ1n) is 22.1. The van der Waals surface area contributed by atoms with Crippen LogP contribution in [0.1, 0.15) is 61.9 Å². The lowest BCUT2D eigenvalue weighted by molar-refractivity contribution is 0.0371. The number of hydrogen-bond acceptors (Lipinski definition) is 12. The van der Waals surface area contributed by atoms with Crippen molar-refractivity contribution in [2.45, 2.75) is 56.5 Å². The summed E-state index contributed by atoms with van der Waals surface area (Å²) in [5, 5.41) is 9.09. The van der Waals surface area contributed by atoms with Crippen LogP contribution < -0.4 is 14.4 Å². The number of amides is 1. The predicted molar refractivity (Wildman–Crippen MR) is 257 cm³/mol. The maximum atomic E-state index is 15.6. The summed E-state index contributed by atoms with van der Waals surface area (Å²) in [4.78, 5) is 38.2. The van der Waals surface area contributed by atoms with Crippen molar-refractivity contribution < 1.29 is 30.8 Å². The van der Waals surface area contributed by atoms with Crippen LogP contribution in [0.2, 0.25) is 5.02 Å². The molecule has 2 N–H and O–H groups in total. The topological polar surface area (TPSA) is 192 Å². The number of allylic oxidation sites excluding steroid dienone is 1. The molecule has 2 saturated heterocycles. The normalized spacial score (nSPS) is 18.4. The van der Waals surface area contributed by atoms with Crippen molar-refractivity contribution in [3.63, 3.8) is 0 Å². The number of carbonyl (C=O) groups is 1. The molecule has 1 aliphatic carbocycles. The molecular weight excluding hydrogens is 921 g/mol. The average molecular weight is 973 g/mol. The molecule has 6 aromatic rings. The van der Waals surface area contributed by atoms with Gasteiger partial charge in [0.2, 0.25) is 10.0 Å². The monoisotopic (exact) mass is 971 g/mol. The van der Waals surface area contributed by atoms with E-state index >= 15 is 4.39 Å². The molecular formula is C47H51ClFN9O7S2. The van der Waals surface area contributed by atoms with Crippen LogP contribution in [0.5, 0.6) is 5.75 Å². The highest BCUT2D eigenvalue weighted by atomic mass is 35.5. The molecule has 0 radical (unpaired) electrons. The Balaban J connectivity index is 0.948. The number of hydrogen-bond donors (Lipinski definition) is 2. The number of anilines is 1. The number of halogens is 2. The van der Waals surface area contributed by atoms with E-state index < -0.39 is 48.8 Å². The number of aromatic amines is 1. The Bertz CT molecular complexity index is 3140. The van der Waals surface area contributed by atoms with Gasteiger partial charge in [0.25, 0.3) is 15.9 Å². The van der Waals surface area contributed by atoms with Gasteiger partial charge in [0, 0.05) is 68.1 Å². The number of piperidine rings is 1. The summed E-state index contributed by atoms with van der Waals surface area (Å²) in [5.74, 6) is -1.12. The van der Waals surface area contributed by atoms with E-state index in [0.29, 0.717) is 35.5 Å². The molecule has 67 heavy (non-hydrogen) atoms. The molecule has 0 unspecified atom stereocenters. The Labute approximate surface area is 393 Å². The van der Waals surface area contributed by atoms with Gasteiger partial charge in [0.05, 0.1) is 34.1 Å². The van der Waals surface area contributed by atoms with Crippen LogP contribution in [0.15, 0.2) is 101 Å². The summed E-state index contributed by atoms with van der Waals surface area (Å²) < 4.78 is 77.6. The molecule has 1 amide bonds. The fourth-order valence-corrected chi connectivity index (χ4v) is 11.2. The van der Waals surface area contributed by atoms with Crippen LogP contribution in [0.25, 0.3) is 33.3 Å². The first-order chi connectivity index (χ1) is 31.9. The van der Waals surface area contributed by atoms with Gasteiger partial charge >= 0.3 is 0 Å². The molecule has 0 atom stereocenters. The van der Waals surface area contributed by atoms with Crippen molar-refractivity contribution in [1.82, 2.24) is 33.7 Å². The van der Waals surface area contributed by atoms with Gasteiger partial charge in [-0.3, -0.25) is 9.69 Å². The van der Waals surface area contributed by atoms with Gasteiger partial charge in [-0.05, 0) is 114 Å². The summed E-state index contributed by atoms with van der Waals surface area (Å²) in [6.07, 6.45) is 7.30. The fourth-order valence-electron chi connectivity index (χ4n) is 9.26. The molecule has 3 aromatic heterocycles. The molecule has 0 spiro atoms. The molecule has 0 saturated carbocycles. The fraction of sp³-hybridized carbons (Fsp3) is 0.383. The van der Waals surface area contributed by atoms with E-state index in [1.165, 1.54) is 27.1 Å². The van der Waals surface area contributed by atoms with Gasteiger partial charge in [-0.1, -0.05) is 43.2 Å². The SMILES string of the molecule is CC1(C)CCC(CN2CCN(c3ccc(C(=O)NS(=O)(=O)c4ccc(OCC5(F)CCN(S(C)(=O)=O)CC5)c(N=O)c4)c(-n4ncc5nc6[nH]ccc6cc54)c3)CC2)=C(c2ccc(Cl)cc2)C1. The minimum atomic E-state index is -4.62. The minimum Gasteiger partial charge on any atom is -0.488 e. The zero-order valence-corrected chi connectivity index (χ0v) is 39.7. The number of nitrogens with one attached hydrogen (secondary N) is 2. The summed E-state index contributed by atoms with van der Waals surface area (Å²) in [7, 11) is -8.10. The third-order valence-corrected chi connectivity index (χ3v) is 16.1. The molecule has 20 heteroatoms. The summed E-state index contributed by atoms with van der Waals surface area (Å²) in [5.41, 5.74) is 4.93. The third kappa shape index (κ3) is 9.97. The van der Waals surface area contributed by atoms with Gasteiger partial charge in [0.15, 0.2) is 5.69 Å². The Morgan fingerprint density at radius 3 is 2.40 bits per heavy atom. The smallest absolute Gasteiger partial charge is 0.267 e. The van der Waals surface area contributed by atoms with Crippen LogP contribution in [-0.4, -0.2) is 116 Å². The highest BCUT2D eigenvalue weighted by molar-refractivity contribution is 7.90. The van der Waals surface area contributed by atoms with E-state index in [0.717, 1.165) is 73.4 Å². The maximum Gasteiger partial charge on any atom is 0.267 e. The third-order valence-electron chi connectivity index (χ3n) is 13.2. The summed E-state index contributed by atoms with van der Waals surface area (Å²) in [6.45, 7) is 7.96. The number of piperazine rings is 1. The number of carbonyl (C=O) groups excluding carboxylic acids is 1. The molecule has 2 fully saturated rings. The number of sulfonamides is 2. The van der Waals surface area contributed by atoms with Crippen LogP contribution in [0.4, 0.5) is 15.8 Å². The largest absolute Gasteiger partial charge is 0.488 e. The molecule has 3 aromatic carbocycles. The van der Waals surface area contributed by atoms with E-state index in [-0.39, 0.29) is 42.7 Å². The highest BCUT2D eigenvalue weighted by Crippen LogP contribution is 2.43. The van der Waals surface area contributed by atoms with Crippen molar-refractivity contribution in [3.05, 3.63) is 112 Å². The lowest BCUT2D eigenvalue weighted by Crippen LogP contribution is -2.47. The Morgan fingerprint density at radius 1 is 0.940 bits per heavy atom. The van der Waals surface area contributed by atoms with Gasteiger partial charge in [0.1, 0.15) is 29.2 Å². The van der Waals surface area contributed by atoms with Crippen LogP contribution in [-0.2, 0) is 20.0 Å². The van der Waals surface area contributed by atoms with Crippen molar-refractivity contribution in [2.75, 3.05) is 63.6 Å². The van der Waals surface area contributed by atoms with E-state index in [4.69, 9.17) is 21.3 Å². The minimum absolute atomic E-state index is 0.0101. The average Bonchev–Trinajstić information content (AvgIpc) is 3.94. The van der Waals surface area contributed by atoms with Crippen LogP contribution >= 0.6 is 11.6 Å². The second kappa shape index (κ2) is 18.1. The second-order valence-corrected chi connectivity index (χ2v) is 22.6. The molecule has 16 nitrogen and oxygen atoms in total. The molecule has 352 valence electrons.